The molecule has 0 saturated heterocycles. The number of Topliss-reactive ketones (excluding diaryl/α,β-unsaturated/α-hetero) is 1. The molecule has 2 aromatic rings. The highest BCUT2D eigenvalue weighted by Crippen LogP contribution is 2.21. The number of nitro benzene ring substituents is 1. The molecule has 2 aromatic carbocycles. The van der Waals surface area contributed by atoms with Gasteiger partial charge in [0.25, 0.3) is 5.69 Å². The van der Waals surface area contributed by atoms with E-state index >= 15 is 0 Å². The molecule has 0 radical (unpaired) electrons. The maximum atomic E-state index is 12.5. The number of benzene rings is 2. The molecule has 1 N–H and O–H groups in total. The Morgan fingerprint density at radius 1 is 1.03 bits per heavy atom. The van der Waals surface area contributed by atoms with Crippen LogP contribution >= 0.6 is 0 Å². The van der Waals surface area contributed by atoms with E-state index in [0.717, 1.165) is 0 Å². The lowest BCUT2D eigenvalue weighted by Gasteiger charge is -2.18. The fraction of sp³-hybridized carbons (Fsp3) is 0.286. The Labute approximate surface area is 168 Å². The first-order chi connectivity index (χ1) is 13.5. The number of hydrogen-bond acceptors (Lipinski definition) is 6. The second kappa shape index (κ2) is 8.64. The predicted molar refractivity (Wildman–Crippen MR) is 107 cm³/mol. The minimum atomic E-state index is -1.14. The maximum Gasteiger partial charge on any atom is 0.345 e. The zero-order valence-electron chi connectivity index (χ0n) is 16.6. The van der Waals surface area contributed by atoms with Crippen LogP contribution in [0.1, 0.15) is 48.4 Å². The van der Waals surface area contributed by atoms with E-state index in [1.54, 1.807) is 32.9 Å². The van der Waals surface area contributed by atoms with Gasteiger partial charge in [-0.3, -0.25) is 19.7 Å². The number of ether oxygens (including phenoxy) is 1. The number of nitro groups is 1. The second-order valence-corrected chi connectivity index (χ2v) is 7.47. The molecule has 0 aliphatic rings. The van der Waals surface area contributed by atoms with E-state index in [-0.39, 0.29) is 17.0 Å². The summed E-state index contributed by atoms with van der Waals surface area (Å²) < 4.78 is 5.12. The molecule has 0 fully saturated rings. The van der Waals surface area contributed by atoms with Crippen LogP contribution in [0.3, 0.4) is 0 Å². The minimum Gasteiger partial charge on any atom is -0.450 e. The summed E-state index contributed by atoms with van der Waals surface area (Å²) >= 11 is 0. The van der Waals surface area contributed by atoms with Crippen molar-refractivity contribution < 1.29 is 24.0 Å². The summed E-state index contributed by atoms with van der Waals surface area (Å²) in [5, 5.41) is 13.8. The van der Waals surface area contributed by atoms with E-state index in [2.05, 4.69) is 5.32 Å². The van der Waals surface area contributed by atoms with Crippen molar-refractivity contribution in [3.63, 3.8) is 0 Å². The molecule has 1 unspecified atom stereocenters. The number of anilines is 1. The first kappa shape index (κ1) is 21.7. The third-order valence-corrected chi connectivity index (χ3v) is 4.08. The van der Waals surface area contributed by atoms with Crippen LogP contribution in [0.2, 0.25) is 0 Å². The second-order valence-electron chi connectivity index (χ2n) is 7.47. The fourth-order valence-electron chi connectivity index (χ4n) is 2.35. The van der Waals surface area contributed by atoms with Crippen molar-refractivity contribution in [1.82, 2.24) is 0 Å². The third kappa shape index (κ3) is 5.47. The van der Waals surface area contributed by atoms with E-state index in [0.29, 0.717) is 5.69 Å². The van der Waals surface area contributed by atoms with Crippen molar-refractivity contribution in [2.75, 3.05) is 5.32 Å². The Kier molecular flexibility index (Phi) is 6.48. The molecule has 0 heterocycles. The number of nitrogens with zero attached hydrogens (tertiary/aromatic N) is 1. The SMILES string of the molecule is CC(OC(=O)c1ccccc1[N+](=O)[O-])C(=O)c1ccc(NC(=O)C(C)(C)C)cc1. The van der Waals surface area contributed by atoms with Crippen molar-refractivity contribution in [3.05, 3.63) is 69.8 Å². The van der Waals surface area contributed by atoms with Crippen LogP contribution in [0.25, 0.3) is 0 Å². The van der Waals surface area contributed by atoms with Crippen LogP contribution in [0.15, 0.2) is 48.5 Å². The van der Waals surface area contributed by atoms with Gasteiger partial charge in [-0.05, 0) is 37.3 Å². The van der Waals surface area contributed by atoms with Gasteiger partial charge >= 0.3 is 5.97 Å². The van der Waals surface area contributed by atoms with Gasteiger partial charge in [-0.2, -0.15) is 0 Å². The monoisotopic (exact) mass is 398 g/mol. The van der Waals surface area contributed by atoms with Crippen LogP contribution < -0.4 is 5.32 Å². The van der Waals surface area contributed by atoms with Crippen molar-refractivity contribution in [2.45, 2.75) is 33.8 Å². The van der Waals surface area contributed by atoms with Crippen LogP contribution in [-0.2, 0) is 9.53 Å². The van der Waals surface area contributed by atoms with Gasteiger partial charge in [-0.1, -0.05) is 32.9 Å². The van der Waals surface area contributed by atoms with Crippen molar-refractivity contribution in [2.24, 2.45) is 5.41 Å². The highest BCUT2D eigenvalue weighted by atomic mass is 16.6. The molecule has 0 aliphatic carbocycles. The van der Waals surface area contributed by atoms with Gasteiger partial charge in [0, 0.05) is 22.7 Å². The number of hydrogen-bond donors (Lipinski definition) is 1. The Morgan fingerprint density at radius 2 is 1.62 bits per heavy atom. The Balaban J connectivity index is 2.08. The topological polar surface area (TPSA) is 116 Å². The smallest absolute Gasteiger partial charge is 0.345 e. The Bertz CT molecular complexity index is 944. The van der Waals surface area contributed by atoms with E-state index in [1.165, 1.54) is 43.3 Å². The average Bonchev–Trinajstić information content (AvgIpc) is 2.67. The molecule has 8 nitrogen and oxygen atoms in total. The van der Waals surface area contributed by atoms with Gasteiger partial charge in [0.2, 0.25) is 11.7 Å². The number of para-hydroxylation sites is 1. The van der Waals surface area contributed by atoms with Gasteiger partial charge in [-0.25, -0.2) is 4.79 Å². The van der Waals surface area contributed by atoms with Crippen LogP contribution in [-0.4, -0.2) is 28.7 Å². The quantitative estimate of drug-likeness (QED) is 0.340. The first-order valence-corrected chi connectivity index (χ1v) is 8.91. The molecule has 8 heteroatoms. The standard InChI is InChI=1S/C21H22N2O6/c1-13(29-19(25)16-7-5-6-8-17(16)23(27)28)18(24)14-9-11-15(12-10-14)22-20(26)21(2,3)4/h5-13H,1-4H3,(H,22,26). The highest BCUT2D eigenvalue weighted by molar-refractivity contribution is 6.02. The summed E-state index contributed by atoms with van der Waals surface area (Å²) in [5.41, 5.74) is -0.363. The largest absolute Gasteiger partial charge is 0.450 e. The zero-order chi connectivity index (χ0) is 21.8. The number of ketones is 1. The molecule has 0 saturated carbocycles. The molecule has 0 aliphatic heterocycles. The van der Waals surface area contributed by atoms with Gasteiger partial charge < -0.3 is 10.1 Å². The lowest BCUT2D eigenvalue weighted by atomic mass is 9.95. The molecule has 0 bridgehead atoms. The number of rotatable bonds is 6. The zero-order valence-corrected chi connectivity index (χ0v) is 16.6. The summed E-state index contributed by atoms with van der Waals surface area (Å²) in [6.07, 6.45) is -1.14. The number of carbonyl (C=O) groups is 3. The molecular formula is C21H22N2O6. The van der Waals surface area contributed by atoms with Crippen molar-refractivity contribution in [3.8, 4) is 0 Å². The maximum absolute atomic E-state index is 12.5. The summed E-state index contributed by atoms with van der Waals surface area (Å²) in [4.78, 5) is 47.1. The molecule has 1 atom stereocenters. The van der Waals surface area contributed by atoms with Gasteiger partial charge in [0.15, 0.2) is 6.10 Å². The van der Waals surface area contributed by atoms with Crippen molar-refractivity contribution >= 4 is 29.0 Å². The van der Waals surface area contributed by atoms with Gasteiger partial charge in [0.1, 0.15) is 5.56 Å². The molecule has 1 amide bonds. The van der Waals surface area contributed by atoms with Crippen LogP contribution in [0.5, 0.6) is 0 Å². The minimum absolute atomic E-state index is 0.164. The summed E-state index contributed by atoms with van der Waals surface area (Å²) in [6, 6.07) is 11.5. The number of amides is 1. The number of carbonyl (C=O) groups excluding carboxylic acids is 3. The average molecular weight is 398 g/mol. The molecule has 2 rings (SSSR count). The van der Waals surface area contributed by atoms with E-state index in [4.69, 9.17) is 4.74 Å². The lowest BCUT2D eigenvalue weighted by molar-refractivity contribution is -0.385. The number of nitrogens with one attached hydrogen (secondary N) is 1. The van der Waals surface area contributed by atoms with Gasteiger partial charge in [0.05, 0.1) is 4.92 Å². The lowest BCUT2D eigenvalue weighted by Crippen LogP contribution is -2.27. The van der Waals surface area contributed by atoms with E-state index < -0.39 is 33.9 Å². The normalized spacial score (nSPS) is 12.0. The fourth-order valence-corrected chi connectivity index (χ4v) is 2.35. The van der Waals surface area contributed by atoms with E-state index in [9.17, 15) is 24.5 Å². The molecule has 0 spiro atoms. The summed E-state index contributed by atoms with van der Waals surface area (Å²) in [6.45, 7) is 6.75. The first-order valence-electron chi connectivity index (χ1n) is 8.91. The molecule has 29 heavy (non-hydrogen) atoms. The van der Waals surface area contributed by atoms with Crippen molar-refractivity contribution in [1.29, 1.82) is 0 Å². The number of esters is 1. The highest BCUT2D eigenvalue weighted by Gasteiger charge is 2.26. The summed E-state index contributed by atoms with van der Waals surface area (Å²) in [5.74, 6) is -1.58. The summed E-state index contributed by atoms with van der Waals surface area (Å²) in [7, 11) is 0. The molecular weight excluding hydrogens is 376 g/mol. The predicted octanol–water partition coefficient (Wildman–Crippen LogP) is 4.01. The van der Waals surface area contributed by atoms with Gasteiger partial charge in [-0.15, -0.1) is 0 Å². The Morgan fingerprint density at radius 3 is 2.17 bits per heavy atom. The van der Waals surface area contributed by atoms with E-state index in [1.807, 2.05) is 0 Å². The molecule has 0 aromatic heterocycles. The van der Waals surface area contributed by atoms with Crippen LogP contribution in [0, 0.1) is 15.5 Å². The van der Waals surface area contributed by atoms with Crippen LogP contribution in [0.4, 0.5) is 11.4 Å². The Hall–Kier alpha value is -3.55. The molecule has 152 valence electrons. The third-order valence-electron chi connectivity index (χ3n) is 4.08.